The first-order chi connectivity index (χ1) is 9.61. The molecule has 3 heteroatoms. The smallest absolute Gasteiger partial charge is 0.0451 e. The predicted molar refractivity (Wildman–Crippen MR) is 87.0 cm³/mol. The molecule has 0 bridgehead atoms. The zero-order chi connectivity index (χ0) is 14.6. The largest absolute Gasteiger partial charge is 0.329 e. The van der Waals surface area contributed by atoms with Crippen molar-refractivity contribution < 1.29 is 0 Å². The van der Waals surface area contributed by atoms with E-state index in [9.17, 15) is 0 Å². The maximum Gasteiger partial charge on any atom is 0.0451 e. The second-order valence-electron chi connectivity index (χ2n) is 6.23. The lowest BCUT2D eigenvalue weighted by molar-refractivity contribution is 0.0579. The summed E-state index contributed by atoms with van der Waals surface area (Å²) in [7, 11) is 2.20. The van der Waals surface area contributed by atoms with E-state index in [-0.39, 0.29) is 5.54 Å². The summed E-state index contributed by atoms with van der Waals surface area (Å²) in [5.74, 6) is 0.892. The lowest BCUT2D eigenvalue weighted by Gasteiger charge is -2.46. The molecule has 1 aromatic carbocycles. The van der Waals surface area contributed by atoms with E-state index in [4.69, 9.17) is 17.3 Å². The molecule has 0 aliphatic heterocycles. The molecule has 1 aromatic rings. The number of hydrogen-bond acceptors (Lipinski definition) is 2. The van der Waals surface area contributed by atoms with Gasteiger partial charge in [0.15, 0.2) is 0 Å². The predicted octanol–water partition coefficient (Wildman–Crippen LogP) is 4.07. The fourth-order valence-corrected chi connectivity index (χ4v) is 3.61. The Morgan fingerprint density at radius 2 is 1.95 bits per heavy atom. The minimum atomic E-state index is 0.158. The Balaban J connectivity index is 2.06. The molecule has 2 N–H and O–H groups in total. The molecule has 1 aliphatic carbocycles. The summed E-state index contributed by atoms with van der Waals surface area (Å²) in [6.07, 6.45) is 6.34. The van der Waals surface area contributed by atoms with Gasteiger partial charge in [-0.15, -0.1) is 0 Å². The SMILES string of the molecule is CCC1CCC(CN)(N(C)Cc2ccccc2Cl)CC1. The van der Waals surface area contributed by atoms with Gasteiger partial charge in [-0.05, 0) is 50.3 Å². The molecule has 0 spiro atoms. The fraction of sp³-hybridized carbons (Fsp3) is 0.647. The van der Waals surface area contributed by atoms with Gasteiger partial charge in [-0.25, -0.2) is 0 Å². The summed E-state index contributed by atoms with van der Waals surface area (Å²) in [6.45, 7) is 3.92. The number of benzene rings is 1. The molecule has 0 amide bonds. The second kappa shape index (κ2) is 6.93. The van der Waals surface area contributed by atoms with Crippen molar-refractivity contribution >= 4 is 11.6 Å². The van der Waals surface area contributed by atoms with Crippen molar-refractivity contribution in [1.82, 2.24) is 4.90 Å². The number of nitrogens with two attached hydrogens (primary N) is 1. The van der Waals surface area contributed by atoms with Crippen molar-refractivity contribution in [2.75, 3.05) is 13.6 Å². The van der Waals surface area contributed by atoms with Crippen LogP contribution in [0.5, 0.6) is 0 Å². The monoisotopic (exact) mass is 294 g/mol. The van der Waals surface area contributed by atoms with Crippen LogP contribution in [0.3, 0.4) is 0 Å². The van der Waals surface area contributed by atoms with Crippen LogP contribution < -0.4 is 5.73 Å². The van der Waals surface area contributed by atoms with Gasteiger partial charge in [-0.1, -0.05) is 43.1 Å². The van der Waals surface area contributed by atoms with Crippen molar-refractivity contribution in [3.63, 3.8) is 0 Å². The summed E-state index contributed by atoms with van der Waals surface area (Å²) >= 11 is 6.28. The summed E-state index contributed by atoms with van der Waals surface area (Å²) in [5.41, 5.74) is 7.50. The van der Waals surface area contributed by atoms with Crippen molar-refractivity contribution in [3.8, 4) is 0 Å². The molecule has 1 aliphatic rings. The fourth-order valence-electron chi connectivity index (χ4n) is 3.41. The number of likely N-dealkylation sites (N-methyl/N-ethyl adjacent to an activating group) is 1. The summed E-state index contributed by atoms with van der Waals surface area (Å²) < 4.78 is 0. The van der Waals surface area contributed by atoms with Crippen molar-refractivity contribution in [2.24, 2.45) is 11.7 Å². The van der Waals surface area contributed by atoms with Crippen molar-refractivity contribution in [1.29, 1.82) is 0 Å². The highest BCUT2D eigenvalue weighted by Gasteiger charge is 2.37. The zero-order valence-electron chi connectivity index (χ0n) is 12.7. The van der Waals surface area contributed by atoms with Gasteiger partial charge in [0.25, 0.3) is 0 Å². The van der Waals surface area contributed by atoms with Crippen molar-refractivity contribution in [2.45, 2.75) is 51.1 Å². The molecule has 0 heterocycles. The number of hydrogen-bond donors (Lipinski definition) is 1. The Bertz CT molecular complexity index is 425. The topological polar surface area (TPSA) is 29.3 Å². The van der Waals surface area contributed by atoms with Gasteiger partial charge in [0, 0.05) is 23.7 Å². The molecule has 2 rings (SSSR count). The van der Waals surface area contributed by atoms with Gasteiger partial charge < -0.3 is 5.73 Å². The lowest BCUT2D eigenvalue weighted by atomic mass is 9.74. The number of rotatable bonds is 5. The Kier molecular flexibility index (Phi) is 5.48. The third-order valence-corrected chi connectivity index (χ3v) is 5.54. The molecular weight excluding hydrogens is 268 g/mol. The first-order valence-corrected chi connectivity index (χ1v) is 8.14. The molecule has 0 saturated heterocycles. The van der Waals surface area contributed by atoms with E-state index in [2.05, 4.69) is 31.0 Å². The van der Waals surface area contributed by atoms with Crippen LogP contribution in [0.2, 0.25) is 5.02 Å². The van der Waals surface area contributed by atoms with E-state index < -0.39 is 0 Å². The average Bonchev–Trinajstić information content (AvgIpc) is 2.49. The van der Waals surface area contributed by atoms with Gasteiger partial charge in [-0.2, -0.15) is 0 Å². The normalized spacial score (nSPS) is 26.9. The third kappa shape index (κ3) is 3.36. The minimum absolute atomic E-state index is 0.158. The first kappa shape index (κ1) is 15.8. The van der Waals surface area contributed by atoms with Gasteiger partial charge in [0.2, 0.25) is 0 Å². The molecule has 1 fully saturated rings. The molecule has 0 radical (unpaired) electrons. The minimum Gasteiger partial charge on any atom is -0.329 e. The molecular formula is C17H27ClN2. The number of nitrogens with zero attached hydrogens (tertiary/aromatic N) is 1. The Hall–Kier alpha value is -0.570. The highest BCUT2D eigenvalue weighted by Crippen LogP contribution is 2.37. The number of halogens is 1. The maximum absolute atomic E-state index is 6.28. The lowest BCUT2D eigenvalue weighted by Crippen LogP contribution is -2.53. The molecule has 112 valence electrons. The molecule has 0 aromatic heterocycles. The van der Waals surface area contributed by atoms with E-state index in [1.165, 1.54) is 37.7 Å². The third-order valence-electron chi connectivity index (χ3n) is 5.17. The Morgan fingerprint density at radius 1 is 1.30 bits per heavy atom. The van der Waals surface area contributed by atoms with Gasteiger partial charge in [-0.3, -0.25) is 4.90 Å². The molecule has 1 saturated carbocycles. The first-order valence-electron chi connectivity index (χ1n) is 7.76. The molecule has 2 nitrogen and oxygen atoms in total. The highest BCUT2D eigenvalue weighted by molar-refractivity contribution is 6.31. The van der Waals surface area contributed by atoms with E-state index >= 15 is 0 Å². The summed E-state index contributed by atoms with van der Waals surface area (Å²) in [6, 6.07) is 8.11. The standard InChI is InChI=1S/C17H27ClN2/c1-3-14-8-10-17(13-19,11-9-14)20(2)12-15-6-4-5-7-16(15)18/h4-7,14H,3,8-13,19H2,1-2H3. The van der Waals surface area contributed by atoms with Crippen LogP contribution in [0.15, 0.2) is 24.3 Å². The summed E-state index contributed by atoms with van der Waals surface area (Å²) in [5, 5.41) is 0.855. The highest BCUT2D eigenvalue weighted by atomic mass is 35.5. The average molecular weight is 295 g/mol. The second-order valence-corrected chi connectivity index (χ2v) is 6.63. The van der Waals surface area contributed by atoms with Gasteiger partial charge in [0.1, 0.15) is 0 Å². The van der Waals surface area contributed by atoms with Crippen LogP contribution in [0.1, 0.15) is 44.6 Å². The molecule has 20 heavy (non-hydrogen) atoms. The molecule has 0 atom stereocenters. The molecule has 0 unspecified atom stereocenters. The van der Waals surface area contributed by atoms with Crippen LogP contribution in [0.4, 0.5) is 0 Å². The van der Waals surface area contributed by atoms with E-state index in [0.29, 0.717) is 0 Å². The zero-order valence-corrected chi connectivity index (χ0v) is 13.5. The van der Waals surface area contributed by atoms with E-state index in [1.54, 1.807) is 0 Å². The van der Waals surface area contributed by atoms with Crippen LogP contribution in [0.25, 0.3) is 0 Å². The maximum atomic E-state index is 6.28. The Morgan fingerprint density at radius 3 is 2.50 bits per heavy atom. The van der Waals surface area contributed by atoms with Crippen LogP contribution in [0, 0.1) is 5.92 Å². The van der Waals surface area contributed by atoms with Crippen LogP contribution in [-0.2, 0) is 6.54 Å². The Labute approximate surface area is 128 Å². The summed E-state index contributed by atoms with van der Waals surface area (Å²) in [4.78, 5) is 2.43. The van der Waals surface area contributed by atoms with Gasteiger partial charge >= 0.3 is 0 Å². The van der Waals surface area contributed by atoms with Crippen LogP contribution >= 0.6 is 11.6 Å². The quantitative estimate of drug-likeness (QED) is 0.887. The van der Waals surface area contributed by atoms with Gasteiger partial charge in [0.05, 0.1) is 0 Å². The van der Waals surface area contributed by atoms with Crippen molar-refractivity contribution in [3.05, 3.63) is 34.9 Å². The van der Waals surface area contributed by atoms with Crippen LogP contribution in [-0.4, -0.2) is 24.0 Å². The van der Waals surface area contributed by atoms with E-state index in [1.807, 2.05) is 12.1 Å². The van der Waals surface area contributed by atoms with E-state index in [0.717, 1.165) is 24.0 Å².